The van der Waals surface area contributed by atoms with Gasteiger partial charge in [-0.25, -0.2) is 8.42 Å². The molecule has 0 radical (unpaired) electrons. The van der Waals surface area contributed by atoms with E-state index in [4.69, 9.17) is 16.3 Å². The second-order valence-corrected chi connectivity index (χ2v) is 5.73. The van der Waals surface area contributed by atoms with Crippen molar-refractivity contribution in [3.63, 3.8) is 0 Å². The lowest BCUT2D eigenvalue weighted by Gasteiger charge is -2.11. The first-order valence-electron chi connectivity index (χ1n) is 4.90. The van der Waals surface area contributed by atoms with E-state index in [9.17, 15) is 13.2 Å². The molecule has 0 heterocycles. The summed E-state index contributed by atoms with van der Waals surface area (Å²) in [5, 5.41) is 2.02. The van der Waals surface area contributed by atoms with E-state index in [-0.39, 0.29) is 5.91 Å². The van der Waals surface area contributed by atoms with Crippen molar-refractivity contribution < 1.29 is 17.9 Å². The van der Waals surface area contributed by atoms with Gasteiger partial charge in [0.15, 0.2) is 0 Å². The Bertz CT molecular complexity index is 545. The monoisotopic (exact) mass is 292 g/mol. The minimum Gasteiger partial charge on any atom is -0.494 e. The molecule has 0 saturated carbocycles. The number of benzene rings is 1. The number of methoxy groups -OCH3 is 1. The second kappa shape index (κ2) is 5.92. The Labute approximate surface area is 110 Å². The van der Waals surface area contributed by atoms with Crippen molar-refractivity contribution in [1.29, 1.82) is 0 Å². The predicted molar refractivity (Wildman–Crippen MR) is 70.6 cm³/mol. The highest BCUT2D eigenvalue weighted by Crippen LogP contribution is 2.28. The number of sulfonamides is 1. The fourth-order valence-electron chi connectivity index (χ4n) is 1.25. The molecule has 0 spiro atoms. The number of alkyl halides is 1. The van der Waals surface area contributed by atoms with Crippen LogP contribution in [0.25, 0.3) is 0 Å². The van der Waals surface area contributed by atoms with Gasteiger partial charge in [-0.05, 0) is 12.1 Å². The number of carbonyl (C=O) groups is 1. The minimum atomic E-state index is -3.56. The summed E-state index contributed by atoms with van der Waals surface area (Å²) in [6, 6.07) is 4.49. The van der Waals surface area contributed by atoms with E-state index in [0.717, 1.165) is 0 Å². The van der Waals surface area contributed by atoms with Crippen LogP contribution in [-0.4, -0.2) is 26.6 Å². The number of hydrogen-bond acceptors (Lipinski definition) is 4. The van der Waals surface area contributed by atoms with Crippen LogP contribution in [0.15, 0.2) is 18.2 Å². The predicted octanol–water partition coefficient (Wildman–Crippen LogP) is 1.59. The lowest BCUT2D eigenvalue weighted by molar-refractivity contribution is -0.114. The molecular weight excluding hydrogens is 280 g/mol. The molecule has 100 valence electrons. The minimum absolute atomic E-state index is 0.248. The van der Waals surface area contributed by atoms with Crippen LogP contribution in [0.3, 0.4) is 0 Å². The summed E-state index contributed by atoms with van der Waals surface area (Å²) in [5.41, 5.74) is 0.764. The van der Waals surface area contributed by atoms with Gasteiger partial charge in [-0.15, -0.1) is 11.6 Å². The third-order valence-electron chi connectivity index (χ3n) is 1.93. The van der Waals surface area contributed by atoms with Crippen molar-refractivity contribution in [2.24, 2.45) is 0 Å². The van der Waals surface area contributed by atoms with Crippen LogP contribution >= 0.6 is 11.6 Å². The Balaban J connectivity index is 3.02. The topological polar surface area (TPSA) is 84.5 Å². The number of anilines is 2. The van der Waals surface area contributed by atoms with Crippen molar-refractivity contribution in [1.82, 2.24) is 0 Å². The molecule has 0 aromatic heterocycles. The van der Waals surface area contributed by atoms with Crippen LogP contribution in [0.4, 0.5) is 11.4 Å². The molecule has 0 fully saturated rings. The average molecular weight is 293 g/mol. The quantitative estimate of drug-likeness (QED) is 0.807. The molecule has 1 aromatic rings. The van der Waals surface area contributed by atoms with Gasteiger partial charge in [0.25, 0.3) is 0 Å². The first-order valence-corrected chi connectivity index (χ1v) is 7.08. The van der Waals surface area contributed by atoms with Gasteiger partial charge in [-0.2, -0.15) is 0 Å². The molecule has 2 N–H and O–H groups in total. The third-order valence-corrected chi connectivity index (χ3v) is 3.63. The van der Waals surface area contributed by atoms with Crippen LogP contribution in [0.2, 0.25) is 0 Å². The Morgan fingerprint density at radius 3 is 2.61 bits per heavy atom. The highest BCUT2D eigenvalue weighted by molar-refractivity contribution is 7.93. The SMILES string of the molecule is COc1cc(NS(=O)(=O)CCl)ccc1NC(C)=O. The first-order chi connectivity index (χ1) is 8.38. The maximum absolute atomic E-state index is 11.3. The summed E-state index contributed by atoms with van der Waals surface area (Å²) < 4.78 is 29.9. The highest BCUT2D eigenvalue weighted by atomic mass is 35.5. The van der Waals surface area contributed by atoms with Crippen molar-refractivity contribution >= 4 is 38.9 Å². The zero-order chi connectivity index (χ0) is 13.8. The molecular formula is C10H13ClN2O4S. The summed E-state index contributed by atoms with van der Waals surface area (Å²) >= 11 is 5.28. The van der Waals surface area contributed by atoms with Crippen molar-refractivity contribution in [2.45, 2.75) is 6.92 Å². The maximum atomic E-state index is 11.3. The van der Waals surface area contributed by atoms with E-state index in [1.54, 1.807) is 0 Å². The standard InChI is InChI=1S/C10H13ClN2O4S/c1-7(14)12-9-4-3-8(5-10(9)17-2)13-18(15,16)6-11/h3-5,13H,6H2,1-2H3,(H,12,14). The summed E-state index contributed by atoms with van der Waals surface area (Å²) in [6.45, 7) is 1.36. The third kappa shape index (κ3) is 4.08. The number of nitrogens with one attached hydrogen (secondary N) is 2. The van der Waals surface area contributed by atoms with Gasteiger partial charge in [-0.1, -0.05) is 0 Å². The molecule has 0 atom stereocenters. The Morgan fingerprint density at radius 1 is 1.44 bits per heavy atom. The van der Waals surface area contributed by atoms with Crippen LogP contribution in [0.5, 0.6) is 5.75 Å². The van der Waals surface area contributed by atoms with Gasteiger partial charge < -0.3 is 10.1 Å². The van der Waals surface area contributed by atoms with Gasteiger partial charge in [0.05, 0.1) is 18.5 Å². The van der Waals surface area contributed by atoms with E-state index >= 15 is 0 Å². The van der Waals surface area contributed by atoms with Gasteiger partial charge >= 0.3 is 0 Å². The molecule has 0 aliphatic rings. The molecule has 18 heavy (non-hydrogen) atoms. The average Bonchev–Trinajstić information content (AvgIpc) is 2.30. The molecule has 6 nitrogen and oxygen atoms in total. The van der Waals surface area contributed by atoms with Crippen LogP contribution in [0, 0.1) is 0 Å². The van der Waals surface area contributed by atoms with E-state index in [1.807, 2.05) is 0 Å². The van der Waals surface area contributed by atoms with Crippen molar-refractivity contribution in [3.8, 4) is 5.75 Å². The van der Waals surface area contributed by atoms with Gasteiger partial charge in [0, 0.05) is 13.0 Å². The van der Waals surface area contributed by atoms with E-state index < -0.39 is 15.2 Å². The molecule has 0 aliphatic heterocycles. The maximum Gasteiger partial charge on any atom is 0.246 e. The molecule has 1 aromatic carbocycles. The number of ether oxygens (including phenoxy) is 1. The van der Waals surface area contributed by atoms with Crippen LogP contribution in [0.1, 0.15) is 6.92 Å². The Hall–Kier alpha value is -1.47. The van der Waals surface area contributed by atoms with E-state index in [2.05, 4.69) is 10.0 Å². The Kier molecular flexibility index (Phi) is 4.80. The van der Waals surface area contributed by atoms with Gasteiger partial charge in [0.2, 0.25) is 15.9 Å². The molecule has 8 heteroatoms. The summed E-state index contributed by atoms with van der Waals surface area (Å²) in [6.07, 6.45) is 0. The molecule has 1 amide bonds. The smallest absolute Gasteiger partial charge is 0.246 e. The zero-order valence-corrected chi connectivity index (χ0v) is 11.4. The highest BCUT2D eigenvalue weighted by Gasteiger charge is 2.11. The molecule has 1 rings (SSSR count). The molecule has 0 bridgehead atoms. The van der Waals surface area contributed by atoms with Crippen LogP contribution < -0.4 is 14.8 Å². The van der Waals surface area contributed by atoms with Gasteiger partial charge in [-0.3, -0.25) is 9.52 Å². The number of carbonyl (C=O) groups excluding carboxylic acids is 1. The lowest BCUT2D eigenvalue weighted by atomic mass is 10.2. The number of amides is 1. The molecule has 0 saturated heterocycles. The number of hydrogen-bond donors (Lipinski definition) is 2. The van der Waals surface area contributed by atoms with Gasteiger partial charge in [0.1, 0.15) is 11.0 Å². The number of rotatable bonds is 5. The summed E-state index contributed by atoms with van der Waals surface area (Å²) in [7, 11) is -2.14. The summed E-state index contributed by atoms with van der Waals surface area (Å²) in [5.74, 6) is 0.0994. The zero-order valence-electron chi connectivity index (χ0n) is 9.86. The van der Waals surface area contributed by atoms with Crippen LogP contribution in [-0.2, 0) is 14.8 Å². The first kappa shape index (κ1) is 14.6. The number of halogens is 1. The fraction of sp³-hybridized carbons (Fsp3) is 0.300. The lowest BCUT2D eigenvalue weighted by Crippen LogP contribution is -2.14. The Morgan fingerprint density at radius 2 is 2.11 bits per heavy atom. The summed E-state index contributed by atoms with van der Waals surface area (Å²) in [4.78, 5) is 10.9. The largest absolute Gasteiger partial charge is 0.494 e. The van der Waals surface area contributed by atoms with E-state index in [1.165, 1.54) is 32.2 Å². The van der Waals surface area contributed by atoms with Crippen molar-refractivity contribution in [2.75, 3.05) is 22.4 Å². The molecule has 0 unspecified atom stereocenters. The van der Waals surface area contributed by atoms with Crippen molar-refractivity contribution in [3.05, 3.63) is 18.2 Å². The fourth-order valence-corrected chi connectivity index (χ4v) is 1.96. The van der Waals surface area contributed by atoms with E-state index in [0.29, 0.717) is 17.1 Å². The second-order valence-electron chi connectivity index (χ2n) is 3.42. The normalized spacial score (nSPS) is 10.8. The molecule has 0 aliphatic carbocycles.